The van der Waals surface area contributed by atoms with Crippen molar-refractivity contribution in [3.05, 3.63) is 42.4 Å². The number of anilines is 1. The van der Waals surface area contributed by atoms with Crippen LogP contribution in [-0.2, 0) is 0 Å². The smallest absolute Gasteiger partial charge is 0.237 e. The third-order valence-corrected chi connectivity index (χ3v) is 1.84. The molecule has 0 radical (unpaired) electrons. The van der Waals surface area contributed by atoms with E-state index in [4.69, 9.17) is 15.7 Å². The van der Waals surface area contributed by atoms with E-state index in [0.717, 1.165) is 0 Å². The molecule has 2 aromatic rings. The number of nitrogens with two attached hydrogens (primary N) is 1. The number of nitrogen functional groups attached to an aromatic ring is 1. The molecule has 0 saturated carbocycles. The highest BCUT2D eigenvalue weighted by Crippen LogP contribution is 2.22. The molecule has 2 heterocycles. The zero-order valence-corrected chi connectivity index (χ0v) is 8.29. The van der Waals surface area contributed by atoms with Crippen LogP contribution in [-0.4, -0.2) is 9.97 Å². The number of pyridine rings is 2. The molecule has 0 spiro atoms. The van der Waals surface area contributed by atoms with E-state index < -0.39 is 0 Å². The maximum absolute atomic E-state index is 8.88. The largest absolute Gasteiger partial charge is 0.436 e. The number of rotatable bonds is 2. The van der Waals surface area contributed by atoms with Gasteiger partial charge in [-0.05, 0) is 18.2 Å². The van der Waals surface area contributed by atoms with Crippen LogP contribution in [0.15, 0.2) is 36.8 Å². The predicted molar refractivity (Wildman–Crippen MR) is 57.7 cm³/mol. The zero-order chi connectivity index (χ0) is 11.4. The fourth-order valence-electron chi connectivity index (χ4n) is 1.15. The van der Waals surface area contributed by atoms with E-state index in [1.807, 2.05) is 6.07 Å². The van der Waals surface area contributed by atoms with Crippen molar-refractivity contribution >= 4 is 5.69 Å². The van der Waals surface area contributed by atoms with Crippen LogP contribution in [0.5, 0.6) is 11.6 Å². The number of ether oxygens (including phenoxy) is 1. The molecule has 0 unspecified atom stereocenters. The highest BCUT2D eigenvalue weighted by Gasteiger charge is 2.06. The first kappa shape index (κ1) is 9.93. The summed E-state index contributed by atoms with van der Waals surface area (Å²) >= 11 is 0. The Morgan fingerprint density at radius 1 is 1.38 bits per heavy atom. The Balaban J connectivity index is 2.32. The molecule has 2 N–H and O–H groups in total. The number of nitrogens with zero attached hydrogens (tertiary/aromatic N) is 3. The standard InChI is InChI=1S/C11H8N4O/c12-5-8-4-9(13)6-15-11(8)16-10-2-1-3-14-7-10/h1-4,6-7H,13H2. The van der Waals surface area contributed by atoms with E-state index in [2.05, 4.69) is 9.97 Å². The Morgan fingerprint density at radius 3 is 2.94 bits per heavy atom. The Kier molecular flexibility index (Phi) is 2.65. The van der Waals surface area contributed by atoms with Gasteiger partial charge in [-0.25, -0.2) is 4.98 Å². The fraction of sp³-hybridized carbons (Fsp3) is 0. The third-order valence-electron chi connectivity index (χ3n) is 1.84. The summed E-state index contributed by atoms with van der Waals surface area (Å²) in [4.78, 5) is 7.84. The molecular formula is C11H8N4O. The molecule has 0 aliphatic heterocycles. The lowest BCUT2D eigenvalue weighted by atomic mass is 10.3. The third kappa shape index (κ3) is 2.07. The molecule has 0 aliphatic carbocycles. The summed E-state index contributed by atoms with van der Waals surface area (Å²) < 4.78 is 5.40. The van der Waals surface area contributed by atoms with Crippen molar-refractivity contribution in [1.29, 1.82) is 5.26 Å². The van der Waals surface area contributed by atoms with Crippen LogP contribution in [0.4, 0.5) is 5.69 Å². The van der Waals surface area contributed by atoms with E-state index in [1.54, 1.807) is 24.5 Å². The highest BCUT2D eigenvalue weighted by atomic mass is 16.5. The van der Waals surface area contributed by atoms with Gasteiger partial charge in [0.15, 0.2) is 0 Å². The number of hydrogen-bond acceptors (Lipinski definition) is 5. The monoisotopic (exact) mass is 212 g/mol. The Bertz CT molecular complexity index is 533. The normalized spacial score (nSPS) is 9.44. The van der Waals surface area contributed by atoms with Crippen molar-refractivity contribution in [3.8, 4) is 17.7 Å². The minimum absolute atomic E-state index is 0.227. The lowest BCUT2D eigenvalue weighted by Crippen LogP contribution is -1.94. The molecule has 78 valence electrons. The van der Waals surface area contributed by atoms with E-state index in [-0.39, 0.29) is 5.88 Å². The number of hydrogen-bond donors (Lipinski definition) is 1. The molecule has 2 rings (SSSR count). The minimum Gasteiger partial charge on any atom is -0.436 e. The zero-order valence-electron chi connectivity index (χ0n) is 8.29. The van der Waals surface area contributed by atoms with Gasteiger partial charge in [-0.15, -0.1) is 0 Å². The van der Waals surface area contributed by atoms with Crippen LogP contribution in [0.2, 0.25) is 0 Å². The topological polar surface area (TPSA) is 84.8 Å². The average Bonchev–Trinajstić information content (AvgIpc) is 2.33. The Hall–Kier alpha value is -2.61. The second kappa shape index (κ2) is 4.28. The minimum atomic E-state index is 0.227. The van der Waals surface area contributed by atoms with Gasteiger partial charge in [0.05, 0.1) is 18.1 Å². The molecule has 0 amide bonds. The van der Waals surface area contributed by atoms with Crippen molar-refractivity contribution in [3.63, 3.8) is 0 Å². The first-order valence-electron chi connectivity index (χ1n) is 4.53. The lowest BCUT2D eigenvalue weighted by molar-refractivity contribution is 0.459. The quantitative estimate of drug-likeness (QED) is 0.819. The Labute approximate surface area is 92.1 Å². The second-order valence-corrected chi connectivity index (χ2v) is 3.02. The maximum Gasteiger partial charge on any atom is 0.237 e. The molecule has 2 aromatic heterocycles. The summed E-state index contributed by atoms with van der Waals surface area (Å²) in [6, 6.07) is 6.94. The van der Waals surface area contributed by atoms with Crippen molar-refractivity contribution < 1.29 is 4.74 Å². The van der Waals surface area contributed by atoms with Crippen LogP contribution >= 0.6 is 0 Å². The maximum atomic E-state index is 8.88. The van der Waals surface area contributed by atoms with Gasteiger partial charge >= 0.3 is 0 Å². The van der Waals surface area contributed by atoms with E-state index in [1.165, 1.54) is 12.3 Å². The van der Waals surface area contributed by atoms with Gasteiger partial charge in [0.1, 0.15) is 17.4 Å². The molecular weight excluding hydrogens is 204 g/mol. The molecule has 0 aliphatic rings. The summed E-state index contributed by atoms with van der Waals surface area (Å²) in [5.74, 6) is 0.751. The summed E-state index contributed by atoms with van der Waals surface area (Å²) in [6.45, 7) is 0. The van der Waals surface area contributed by atoms with Crippen molar-refractivity contribution in [2.75, 3.05) is 5.73 Å². The van der Waals surface area contributed by atoms with Crippen LogP contribution in [0.1, 0.15) is 5.56 Å². The molecule has 0 bridgehead atoms. The van der Waals surface area contributed by atoms with Gasteiger partial charge in [0.25, 0.3) is 0 Å². The van der Waals surface area contributed by atoms with Gasteiger partial charge < -0.3 is 10.5 Å². The van der Waals surface area contributed by atoms with Crippen LogP contribution < -0.4 is 10.5 Å². The van der Waals surface area contributed by atoms with Gasteiger partial charge in [0, 0.05) is 6.20 Å². The van der Waals surface area contributed by atoms with Crippen LogP contribution in [0, 0.1) is 11.3 Å². The molecule has 16 heavy (non-hydrogen) atoms. The molecule has 0 saturated heterocycles. The van der Waals surface area contributed by atoms with Crippen molar-refractivity contribution in [2.45, 2.75) is 0 Å². The van der Waals surface area contributed by atoms with Gasteiger partial charge in [-0.3, -0.25) is 4.98 Å². The molecule has 5 nitrogen and oxygen atoms in total. The average molecular weight is 212 g/mol. The summed E-state index contributed by atoms with van der Waals surface area (Å²) in [5.41, 5.74) is 6.24. The number of nitriles is 1. The lowest BCUT2D eigenvalue weighted by Gasteiger charge is -2.05. The van der Waals surface area contributed by atoms with E-state index in [9.17, 15) is 0 Å². The number of aromatic nitrogens is 2. The van der Waals surface area contributed by atoms with E-state index in [0.29, 0.717) is 17.0 Å². The van der Waals surface area contributed by atoms with Crippen LogP contribution in [0.25, 0.3) is 0 Å². The first-order valence-corrected chi connectivity index (χ1v) is 4.53. The molecule has 0 fully saturated rings. The van der Waals surface area contributed by atoms with Crippen LogP contribution in [0.3, 0.4) is 0 Å². The molecule has 0 aromatic carbocycles. The molecule has 5 heteroatoms. The summed E-state index contributed by atoms with van der Waals surface area (Å²) in [7, 11) is 0. The SMILES string of the molecule is N#Cc1cc(N)cnc1Oc1cccnc1. The highest BCUT2D eigenvalue weighted by molar-refractivity contribution is 5.49. The van der Waals surface area contributed by atoms with Gasteiger partial charge in [0.2, 0.25) is 5.88 Å². The molecule has 0 atom stereocenters. The second-order valence-electron chi connectivity index (χ2n) is 3.02. The Morgan fingerprint density at radius 2 is 2.25 bits per heavy atom. The van der Waals surface area contributed by atoms with Crippen molar-refractivity contribution in [2.24, 2.45) is 0 Å². The predicted octanol–water partition coefficient (Wildman–Crippen LogP) is 1.72. The van der Waals surface area contributed by atoms with Gasteiger partial charge in [-0.2, -0.15) is 5.26 Å². The fourth-order valence-corrected chi connectivity index (χ4v) is 1.15. The van der Waals surface area contributed by atoms with Crippen molar-refractivity contribution in [1.82, 2.24) is 9.97 Å². The van der Waals surface area contributed by atoms with E-state index >= 15 is 0 Å². The summed E-state index contributed by atoms with van der Waals surface area (Å²) in [5, 5.41) is 8.88. The van der Waals surface area contributed by atoms with Gasteiger partial charge in [-0.1, -0.05) is 0 Å². The summed E-state index contributed by atoms with van der Waals surface area (Å²) in [6.07, 6.45) is 4.61. The first-order chi connectivity index (χ1) is 7.79.